The van der Waals surface area contributed by atoms with Gasteiger partial charge in [0.05, 0.1) is 12.7 Å². The molecule has 0 aromatic carbocycles. The Hall–Kier alpha value is -0.850. The summed E-state index contributed by atoms with van der Waals surface area (Å²) < 4.78 is 11.1. The van der Waals surface area contributed by atoms with Gasteiger partial charge in [-0.1, -0.05) is 6.92 Å². The van der Waals surface area contributed by atoms with E-state index in [9.17, 15) is 0 Å². The van der Waals surface area contributed by atoms with E-state index in [0.717, 1.165) is 70.7 Å². The van der Waals surface area contributed by atoms with E-state index in [1.165, 1.54) is 25.9 Å². The molecule has 0 saturated carbocycles. The average Bonchev–Trinajstić information content (AvgIpc) is 3.08. The third-order valence-electron chi connectivity index (χ3n) is 4.62. The second-order valence-electron chi connectivity index (χ2n) is 6.95. The number of nitrogens with one attached hydrogen (secondary N) is 2. The SMILES string of the molecule is CCNC(=NCCCOC1CCOC1)NCCN1CCCC(C)C1. The number of ether oxygens (including phenoxy) is 2. The van der Waals surface area contributed by atoms with Crippen LogP contribution in [0.1, 0.15) is 39.5 Å². The molecule has 2 saturated heterocycles. The van der Waals surface area contributed by atoms with Crippen LogP contribution in [-0.4, -0.2) is 76.1 Å². The molecule has 140 valence electrons. The van der Waals surface area contributed by atoms with E-state index in [1.807, 2.05) is 0 Å². The minimum atomic E-state index is 0.298. The lowest BCUT2D eigenvalue weighted by molar-refractivity contribution is 0.0424. The zero-order valence-corrected chi connectivity index (χ0v) is 15.6. The van der Waals surface area contributed by atoms with Crippen molar-refractivity contribution in [3.63, 3.8) is 0 Å². The number of likely N-dealkylation sites (tertiary alicyclic amines) is 1. The molecular weight excluding hydrogens is 304 g/mol. The molecule has 2 heterocycles. The summed E-state index contributed by atoms with van der Waals surface area (Å²) in [6.45, 7) is 13.0. The van der Waals surface area contributed by atoms with Crippen LogP contribution in [0.15, 0.2) is 4.99 Å². The third kappa shape index (κ3) is 7.81. The van der Waals surface area contributed by atoms with Gasteiger partial charge in [-0.25, -0.2) is 0 Å². The number of piperidine rings is 1. The molecule has 2 unspecified atom stereocenters. The molecule has 0 bridgehead atoms. The van der Waals surface area contributed by atoms with Crippen LogP contribution in [0.4, 0.5) is 0 Å². The molecular formula is C18H36N4O2. The molecule has 2 fully saturated rings. The minimum absolute atomic E-state index is 0.298. The number of hydrogen-bond acceptors (Lipinski definition) is 4. The lowest BCUT2D eigenvalue weighted by Crippen LogP contribution is -2.43. The van der Waals surface area contributed by atoms with E-state index < -0.39 is 0 Å². The van der Waals surface area contributed by atoms with Crippen molar-refractivity contribution in [2.45, 2.75) is 45.6 Å². The van der Waals surface area contributed by atoms with Gasteiger partial charge in [0.2, 0.25) is 0 Å². The summed E-state index contributed by atoms with van der Waals surface area (Å²) in [4.78, 5) is 7.20. The van der Waals surface area contributed by atoms with Crippen LogP contribution >= 0.6 is 0 Å². The first kappa shape index (κ1) is 19.5. The summed E-state index contributed by atoms with van der Waals surface area (Å²) in [5, 5.41) is 6.77. The fourth-order valence-corrected chi connectivity index (χ4v) is 3.31. The van der Waals surface area contributed by atoms with Crippen molar-refractivity contribution < 1.29 is 9.47 Å². The molecule has 0 aromatic rings. The van der Waals surface area contributed by atoms with Gasteiger partial charge in [0, 0.05) is 45.9 Å². The lowest BCUT2D eigenvalue weighted by atomic mass is 10.0. The first-order valence-corrected chi connectivity index (χ1v) is 9.71. The van der Waals surface area contributed by atoms with Crippen molar-refractivity contribution in [2.75, 3.05) is 59.1 Å². The smallest absolute Gasteiger partial charge is 0.191 e. The van der Waals surface area contributed by atoms with Crippen LogP contribution in [0.5, 0.6) is 0 Å². The number of rotatable bonds is 9. The van der Waals surface area contributed by atoms with Gasteiger partial charge in [-0.05, 0) is 45.1 Å². The molecule has 0 radical (unpaired) electrons. The molecule has 2 aliphatic rings. The van der Waals surface area contributed by atoms with Gasteiger partial charge in [0.25, 0.3) is 0 Å². The monoisotopic (exact) mass is 340 g/mol. The highest BCUT2D eigenvalue weighted by atomic mass is 16.5. The van der Waals surface area contributed by atoms with Crippen LogP contribution in [0.3, 0.4) is 0 Å². The van der Waals surface area contributed by atoms with Crippen LogP contribution in [0, 0.1) is 5.92 Å². The zero-order valence-electron chi connectivity index (χ0n) is 15.6. The molecule has 0 aliphatic carbocycles. The number of guanidine groups is 1. The quantitative estimate of drug-likeness (QED) is 0.378. The topological polar surface area (TPSA) is 58.1 Å². The van der Waals surface area contributed by atoms with Crippen molar-refractivity contribution in [1.82, 2.24) is 15.5 Å². The maximum absolute atomic E-state index is 5.77. The summed E-state index contributed by atoms with van der Waals surface area (Å²) >= 11 is 0. The van der Waals surface area contributed by atoms with E-state index in [1.54, 1.807) is 0 Å². The molecule has 0 aromatic heterocycles. The van der Waals surface area contributed by atoms with E-state index in [2.05, 4.69) is 34.4 Å². The van der Waals surface area contributed by atoms with Crippen molar-refractivity contribution in [3.05, 3.63) is 0 Å². The van der Waals surface area contributed by atoms with E-state index in [4.69, 9.17) is 9.47 Å². The van der Waals surface area contributed by atoms with E-state index in [-0.39, 0.29) is 0 Å². The second kappa shape index (κ2) is 11.7. The fraction of sp³-hybridized carbons (Fsp3) is 0.944. The fourth-order valence-electron chi connectivity index (χ4n) is 3.31. The molecule has 2 N–H and O–H groups in total. The number of nitrogens with zero attached hydrogens (tertiary/aromatic N) is 2. The molecule has 2 aliphatic heterocycles. The van der Waals surface area contributed by atoms with Gasteiger partial charge in [0.1, 0.15) is 0 Å². The van der Waals surface area contributed by atoms with E-state index in [0.29, 0.717) is 6.10 Å². The van der Waals surface area contributed by atoms with Gasteiger partial charge in [0.15, 0.2) is 5.96 Å². The Labute approximate surface area is 147 Å². The molecule has 6 heteroatoms. The predicted octanol–water partition coefficient (Wildman–Crippen LogP) is 1.47. The number of hydrogen-bond donors (Lipinski definition) is 2. The first-order valence-electron chi connectivity index (χ1n) is 9.71. The van der Waals surface area contributed by atoms with E-state index >= 15 is 0 Å². The summed E-state index contributed by atoms with van der Waals surface area (Å²) in [5.41, 5.74) is 0. The van der Waals surface area contributed by atoms with Crippen LogP contribution < -0.4 is 10.6 Å². The Morgan fingerprint density at radius 1 is 1.33 bits per heavy atom. The zero-order chi connectivity index (χ0) is 17.0. The van der Waals surface area contributed by atoms with Crippen molar-refractivity contribution in [1.29, 1.82) is 0 Å². The summed E-state index contributed by atoms with van der Waals surface area (Å²) in [6, 6.07) is 0. The standard InChI is InChI=1S/C18H36N4O2/c1-3-19-18(20-8-5-12-24-17-7-13-23-15-17)21-9-11-22-10-4-6-16(2)14-22/h16-17H,3-15H2,1-2H3,(H2,19,20,21). The van der Waals surface area contributed by atoms with Gasteiger partial charge >= 0.3 is 0 Å². The highest BCUT2D eigenvalue weighted by Crippen LogP contribution is 2.14. The Bertz CT molecular complexity index is 359. The predicted molar refractivity (Wildman–Crippen MR) is 98.6 cm³/mol. The van der Waals surface area contributed by atoms with Gasteiger partial charge in [-0.2, -0.15) is 0 Å². The van der Waals surface area contributed by atoms with Crippen LogP contribution in [-0.2, 0) is 9.47 Å². The summed E-state index contributed by atoms with van der Waals surface area (Å²) in [7, 11) is 0. The lowest BCUT2D eigenvalue weighted by Gasteiger charge is -2.30. The van der Waals surface area contributed by atoms with Crippen molar-refractivity contribution >= 4 is 5.96 Å². The number of aliphatic imine (C=N–C) groups is 1. The molecule has 2 atom stereocenters. The second-order valence-corrected chi connectivity index (χ2v) is 6.95. The highest BCUT2D eigenvalue weighted by Gasteiger charge is 2.16. The minimum Gasteiger partial charge on any atom is -0.379 e. The van der Waals surface area contributed by atoms with Crippen LogP contribution in [0.2, 0.25) is 0 Å². The van der Waals surface area contributed by atoms with Gasteiger partial charge in [-0.3, -0.25) is 4.99 Å². The molecule has 0 spiro atoms. The summed E-state index contributed by atoms with van der Waals surface area (Å²) in [6.07, 6.45) is 5.00. The molecule has 6 nitrogen and oxygen atoms in total. The Morgan fingerprint density at radius 2 is 2.25 bits per heavy atom. The van der Waals surface area contributed by atoms with Crippen LogP contribution in [0.25, 0.3) is 0 Å². The Morgan fingerprint density at radius 3 is 3.00 bits per heavy atom. The largest absolute Gasteiger partial charge is 0.379 e. The Kier molecular flexibility index (Phi) is 9.46. The Balaban J connectivity index is 1.57. The normalized spacial score (nSPS) is 25.8. The summed E-state index contributed by atoms with van der Waals surface area (Å²) in [5.74, 6) is 1.76. The third-order valence-corrected chi connectivity index (χ3v) is 4.62. The van der Waals surface area contributed by atoms with Crippen molar-refractivity contribution in [3.8, 4) is 0 Å². The molecule has 24 heavy (non-hydrogen) atoms. The first-order chi connectivity index (χ1) is 11.8. The maximum atomic E-state index is 5.77. The molecule has 2 rings (SSSR count). The highest BCUT2D eigenvalue weighted by molar-refractivity contribution is 5.79. The average molecular weight is 341 g/mol. The van der Waals surface area contributed by atoms with Gasteiger partial charge < -0.3 is 25.0 Å². The maximum Gasteiger partial charge on any atom is 0.191 e. The van der Waals surface area contributed by atoms with Gasteiger partial charge in [-0.15, -0.1) is 0 Å². The molecule has 0 amide bonds. The van der Waals surface area contributed by atoms with Crippen molar-refractivity contribution in [2.24, 2.45) is 10.9 Å².